The predicted octanol–water partition coefficient (Wildman–Crippen LogP) is 6.24. The third-order valence-electron chi connectivity index (χ3n) is 6.80. The van der Waals surface area contributed by atoms with Gasteiger partial charge in [0.1, 0.15) is 11.6 Å². The van der Waals surface area contributed by atoms with Crippen LogP contribution in [0.2, 0.25) is 0 Å². The molecule has 35 heavy (non-hydrogen) atoms. The SMILES string of the molecule is COc1ccc(-c2ccccc2)c(CC(=O)N(Cc2ccc(F)cc2)C2Cc3ccccc3C2)c1. The van der Waals surface area contributed by atoms with Crippen LogP contribution in [0.25, 0.3) is 11.1 Å². The molecule has 0 saturated carbocycles. The van der Waals surface area contributed by atoms with Crippen LogP contribution in [0.4, 0.5) is 4.39 Å². The molecule has 1 aliphatic rings. The Kier molecular flexibility index (Phi) is 6.62. The molecule has 176 valence electrons. The van der Waals surface area contributed by atoms with Crippen molar-refractivity contribution < 1.29 is 13.9 Å². The van der Waals surface area contributed by atoms with E-state index in [-0.39, 0.29) is 24.2 Å². The molecule has 0 atom stereocenters. The van der Waals surface area contributed by atoms with E-state index in [9.17, 15) is 9.18 Å². The van der Waals surface area contributed by atoms with Gasteiger partial charge in [-0.2, -0.15) is 0 Å². The van der Waals surface area contributed by atoms with E-state index in [0.29, 0.717) is 6.54 Å². The van der Waals surface area contributed by atoms with Gasteiger partial charge in [-0.1, -0.05) is 72.8 Å². The molecule has 3 nitrogen and oxygen atoms in total. The second-order valence-corrected chi connectivity index (χ2v) is 9.04. The third kappa shape index (κ3) is 5.12. The first kappa shape index (κ1) is 22.9. The van der Waals surface area contributed by atoms with Crippen LogP contribution in [-0.2, 0) is 30.6 Å². The summed E-state index contributed by atoms with van der Waals surface area (Å²) in [5, 5.41) is 0. The van der Waals surface area contributed by atoms with Gasteiger partial charge < -0.3 is 9.64 Å². The van der Waals surface area contributed by atoms with Crippen molar-refractivity contribution in [3.05, 3.63) is 125 Å². The van der Waals surface area contributed by atoms with E-state index in [0.717, 1.165) is 40.8 Å². The molecule has 0 aromatic heterocycles. The van der Waals surface area contributed by atoms with Crippen LogP contribution in [0.5, 0.6) is 5.75 Å². The largest absolute Gasteiger partial charge is 0.497 e. The minimum absolute atomic E-state index is 0.0533. The van der Waals surface area contributed by atoms with E-state index in [2.05, 4.69) is 36.4 Å². The van der Waals surface area contributed by atoms with Gasteiger partial charge in [-0.25, -0.2) is 4.39 Å². The maximum absolute atomic E-state index is 13.9. The summed E-state index contributed by atoms with van der Waals surface area (Å²) in [7, 11) is 1.64. The molecular weight excluding hydrogens is 437 g/mol. The quantitative estimate of drug-likeness (QED) is 0.323. The number of nitrogens with zero attached hydrogens (tertiary/aromatic N) is 1. The summed E-state index contributed by atoms with van der Waals surface area (Å²) in [4.78, 5) is 15.9. The van der Waals surface area contributed by atoms with Crippen LogP contribution in [0, 0.1) is 5.82 Å². The van der Waals surface area contributed by atoms with E-state index >= 15 is 0 Å². The van der Waals surface area contributed by atoms with Gasteiger partial charge in [-0.15, -0.1) is 0 Å². The van der Waals surface area contributed by atoms with Crippen LogP contribution in [0.3, 0.4) is 0 Å². The van der Waals surface area contributed by atoms with Crippen molar-refractivity contribution >= 4 is 5.91 Å². The predicted molar refractivity (Wildman–Crippen MR) is 137 cm³/mol. The second kappa shape index (κ2) is 10.1. The molecule has 1 aliphatic carbocycles. The van der Waals surface area contributed by atoms with E-state index in [1.54, 1.807) is 19.2 Å². The first-order chi connectivity index (χ1) is 17.1. The summed E-state index contributed by atoms with van der Waals surface area (Å²) in [5.74, 6) is 0.507. The Morgan fingerprint density at radius 2 is 1.54 bits per heavy atom. The number of rotatable bonds is 7. The monoisotopic (exact) mass is 465 g/mol. The molecule has 1 amide bonds. The fraction of sp³-hybridized carbons (Fsp3) is 0.194. The van der Waals surface area contributed by atoms with Crippen LogP contribution < -0.4 is 4.74 Å². The standard InChI is InChI=1S/C31H28FNO2/c1-35-29-15-16-30(23-7-3-2-4-8-23)26(19-29)20-31(34)33(21-22-11-13-27(32)14-12-22)28-17-24-9-5-6-10-25(24)18-28/h2-16,19,28H,17-18,20-21H2,1H3. The van der Waals surface area contributed by atoms with E-state index < -0.39 is 0 Å². The number of methoxy groups -OCH3 is 1. The number of benzene rings is 4. The lowest BCUT2D eigenvalue weighted by molar-refractivity contribution is -0.133. The molecule has 0 heterocycles. The number of ether oxygens (including phenoxy) is 1. The third-order valence-corrected chi connectivity index (χ3v) is 6.80. The minimum Gasteiger partial charge on any atom is -0.497 e. The summed E-state index contributed by atoms with van der Waals surface area (Å²) >= 11 is 0. The molecule has 0 fully saturated rings. The van der Waals surface area contributed by atoms with Gasteiger partial charge in [0, 0.05) is 12.6 Å². The van der Waals surface area contributed by atoms with E-state index in [4.69, 9.17) is 4.74 Å². The summed E-state index contributed by atoms with van der Waals surface area (Å²) in [6.45, 7) is 0.447. The molecule has 0 spiro atoms. The zero-order valence-corrected chi connectivity index (χ0v) is 19.8. The second-order valence-electron chi connectivity index (χ2n) is 9.04. The van der Waals surface area contributed by atoms with Gasteiger partial charge in [0.2, 0.25) is 5.91 Å². The van der Waals surface area contributed by atoms with E-state index in [1.165, 1.54) is 23.3 Å². The highest BCUT2D eigenvalue weighted by molar-refractivity contribution is 5.83. The summed E-state index contributed by atoms with van der Waals surface area (Å²) in [6.07, 6.45) is 1.91. The van der Waals surface area contributed by atoms with Crippen molar-refractivity contribution in [2.75, 3.05) is 7.11 Å². The Balaban J connectivity index is 1.46. The molecule has 0 N–H and O–H groups in total. The zero-order chi connectivity index (χ0) is 24.2. The highest BCUT2D eigenvalue weighted by Crippen LogP contribution is 2.31. The van der Waals surface area contributed by atoms with Gasteiger partial charge >= 0.3 is 0 Å². The van der Waals surface area contributed by atoms with Gasteiger partial charge in [0.25, 0.3) is 0 Å². The number of hydrogen-bond donors (Lipinski definition) is 0. The highest BCUT2D eigenvalue weighted by atomic mass is 19.1. The fourth-order valence-corrected chi connectivity index (χ4v) is 4.97. The zero-order valence-electron chi connectivity index (χ0n) is 19.8. The van der Waals surface area contributed by atoms with Crippen molar-refractivity contribution in [3.63, 3.8) is 0 Å². The molecule has 0 bridgehead atoms. The summed E-state index contributed by atoms with van der Waals surface area (Å²) < 4.78 is 19.0. The number of halogens is 1. The van der Waals surface area contributed by atoms with Crippen molar-refractivity contribution in [2.45, 2.75) is 31.8 Å². The van der Waals surface area contributed by atoms with Crippen molar-refractivity contribution in [3.8, 4) is 16.9 Å². The Morgan fingerprint density at radius 1 is 0.886 bits per heavy atom. The van der Waals surface area contributed by atoms with E-state index in [1.807, 2.05) is 41.3 Å². The lowest BCUT2D eigenvalue weighted by Gasteiger charge is -2.30. The summed E-state index contributed by atoms with van der Waals surface area (Å²) in [5.41, 5.74) is 6.53. The van der Waals surface area contributed by atoms with Crippen molar-refractivity contribution in [1.29, 1.82) is 0 Å². The molecule has 5 rings (SSSR count). The van der Waals surface area contributed by atoms with Gasteiger partial charge in [-0.3, -0.25) is 4.79 Å². The van der Waals surface area contributed by atoms with Crippen LogP contribution in [0.1, 0.15) is 22.3 Å². The van der Waals surface area contributed by atoms with Crippen molar-refractivity contribution in [1.82, 2.24) is 4.90 Å². The fourth-order valence-electron chi connectivity index (χ4n) is 4.97. The Bertz CT molecular complexity index is 1290. The molecule has 4 heteroatoms. The Labute approximate surface area is 205 Å². The Morgan fingerprint density at radius 3 is 2.20 bits per heavy atom. The average molecular weight is 466 g/mol. The summed E-state index contributed by atoms with van der Waals surface area (Å²) in [6, 6.07) is 30.9. The molecule has 0 saturated heterocycles. The van der Waals surface area contributed by atoms with Crippen LogP contribution >= 0.6 is 0 Å². The lowest BCUT2D eigenvalue weighted by atomic mass is 9.96. The van der Waals surface area contributed by atoms with Crippen LogP contribution in [0.15, 0.2) is 97.1 Å². The van der Waals surface area contributed by atoms with Gasteiger partial charge in [0.15, 0.2) is 0 Å². The number of carbonyl (C=O) groups is 1. The number of fused-ring (bicyclic) bond motifs is 1. The van der Waals surface area contributed by atoms with Gasteiger partial charge in [0.05, 0.1) is 13.5 Å². The molecule has 0 unspecified atom stereocenters. The topological polar surface area (TPSA) is 29.5 Å². The molecule has 0 aliphatic heterocycles. The normalized spacial score (nSPS) is 12.9. The maximum Gasteiger partial charge on any atom is 0.227 e. The highest BCUT2D eigenvalue weighted by Gasteiger charge is 2.30. The lowest BCUT2D eigenvalue weighted by Crippen LogP contribution is -2.41. The molecule has 0 radical (unpaired) electrons. The first-order valence-electron chi connectivity index (χ1n) is 11.9. The van der Waals surface area contributed by atoms with Gasteiger partial charge in [-0.05, 0) is 70.5 Å². The minimum atomic E-state index is -0.274. The number of hydrogen-bond acceptors (Lipinski definition) is 2. The maximum atomic E-state index is 13.9. The average Bonchev–Trinajstić information content (AvgIpc) is 3.32. The van der Waals surface area contributed by atoms with Crippen LogP contribution in [-0.4, -0.2) is 24.0 Å². The molecule has 4 aromatic rings. The molecular formula is C31H28FNO2. The van der Waals surface area contributed by atoms with Crippen molar-refractivity contribution in [2.24, 2.45) is 0 Å². The number of carbonyl (C=O) groups excluding carboxylic acids is 1. The Hall–Kier alpha value is -3.92. The smallest absolute Gasteiger partial charge is 0.227 e. The first-order valence-corrected chi connectivity index (χ1v) is 11.9. The molecule has 4 aromatic carbocycles. The number of amides is 1.